The number of benzene rings is 3. The molecule has 0 radical (unpaired) electrons. The Morgan fingerprint density at radius 3 is 2.36 bits per heavy atom. The van der Waals surface area contributed by atoms with Crippen molar-refractivity contribution in [1.82, 2.24) is 0 Å². The Balaban J connectivity index is 1.56. The highest BCUT2D eigenvalue weighted by Gasteiger charge is 2.16. The van der Waals surface area contributed by atoms with Crippen LogP contribution >= 0.6 is 0 Å². The lowest BCUT2D eigenvalue weighted by Gasteiger charge is -2.08. The lowest BCUT2D eigenvalue weighted by atomic mass is 10.1. The zero-order valence-electron chi connectivity index (χ0n) is 17.8. The van der Waals surface area contributed by atoms with Crippen LogP contribution < -0.4 is 19.8 Å². The summed E-state index contributed by atoms with van der Waals surface area (Å²) in [4.78, 5) is 24.8. The van der Waals surface area contributed by atoms with Crippen LogP contribution in [-0.4, -0.2) is 20.2 Å². The third-order valence-electron chi connectivity index (χ3n) is 5.24. The summed E-state index contributed by atoms with van der Waals surface area (Å²) in [6.45, 7) is 0. The smallest absolute Gasteiger partial charge is 0.343 e. The third kappa shape index (κ3) is 3.80. The molecule has 2 heterocycles. The Hall–Kier alpha value is -4.52. The van der Waals surface area contributed by atoms with Crippen LogP contribution in [0.3, 0.4) is 0 Å². The molecule has 0 N–H and O–H groups in total. The summed E-state index contributed by atoms with van der Waals surface area (Å²) < 4.78 is 27.4. The second kappa shape index (κ2) is 8.20. The molecule has 0 bridgehead atoms. The van der Waals surface area contributed by atoms with Crippen LogP contribution in [-0.2, 0) is 0 Å². The van der Waals surface area contributed by atoms with Gasteiger partial charge >= 0.3 is 11.6 Å². The predicted molar refractivity (Wildman–Crippen MR) is 122 cm³/mol. The molecular formula is C26H18O7. The second-order valence-corrected chi connectivity index (χ2v) is 7.24. The van der Waals surface area contributed by atoms with Crippen molar-refractivity contribution in [1.29, 1.82) is 0 Å². The minimum atomic E-state index is -0.524. The Labute approximate surface area is 187 Å². The van der Waals surface area contributed by atoms with Gasteiger partial charge in [0.15, 0.2) is 11.3 Å². The van der Waals surface area contributed by atoms with Crippen LogP contribution in [0.5, 0.6) is 17.2 Å². The number of esters is 1. The Kier molecular flexibility index (Phi) is 5.06. The lowest BCUT2D eigenvalue weighted by Crippen LogP contribution is -2.08. The molecule has 0 amide bonds. The molecule has 0 fully saturated rings. The van der Waals surface area contributed by atoms with Crippen LogP contribution in [0.15, 0.2) is 86.4 Å². The number of rotatable bonds is 5. The summed E-state index contributed by atoms with van der Waals surface area (Å²) in [6.07, 6.45) is 0. The SMILES string of the molecule is COc1ccc(C(=O)Oc2ccc3oc(=O)cc(-c4cc5cccc(OC)c5o4)c3c2)cc1. The van der Waals surface area contributed by atoms with Crippen molar-refractivity contribution in [3.8, 4) is 28.6 Å². The number of hydrogen-bond acceptors (Lipinski definition) is 7. The molecule has 0 spiro atoms. The van der Waals surface area contributed by atoms with Crippen molar-refractivity contribution in [2.75, 3.05) is 14.2 Å². The van der Waals surface area contributed by atoms with Gasteiger partial charge in [0, 0.05) is 22.4 Å². The molecule has 5 aromatic rings. The zero-order valence-corrected chi connectivity index (χ0v) is 17.8. The van der Waals surface area contributed by atoms with E-state index >= 15 is 0 Å². The average Bonchev–Trinajstić information content (AvgIpc) is 3.28. The van der Waals surface area contributed by atoms with Gasteiger partial charge in [-0.2, -0.15) is 0 Å². The van der Waals surface area contributed by atoms with Crippen LogP contribution in [0.25, 0.3) is 33.3 Å². The molecule has 0 saturated carbocycles. The molecular weight excluding hydrogens is 424 g/mol. The molecule has 0 aliphatic heterocycles. The molecule has 0 aliphatic rings. The van der Waals surface area contributed by atoms with Gasteiger partial charge in [-0.15, -0.1) is 0 Å². The van der Waals surface area contributed by atoms with E-state index in [0.717, 1.165) is 5.39 Å². The predicted octanol–water partition coefficient (Wildman–Crippen LogP) is 5.44. The monoisotopic (exact) mass is 442 g/mol. The molecule has 33 heavy (non-hydrogen) atoms. The fourth-order valence-electron chi connectivity index (χ4n) is 3.63. The van der Waals surface area contributed by atoms with E-state index in [2.05, 4.69) is 0 Å². The Morgan fingerprint density at radius 2 is 1.61 bits per heavy atom. The number of ether oxygens (including phenoxy) is 3. The average molecular weight is 442 g/mol. The molecule has 0 saturated heterocycles. The maximum atomic E-state index is 12.6. The van der Waals surface area contributed by atoms with Crippen LogP contribution in [0.1, 0.15) is 10.4 Å². The fourth-order valence-corrected chi connectivity index (χ4v) is 3.63. The lowest BCUT2D eigenvalue weighted by molar-refractivity contribution is 0.0735. The van der Waals surface area contributed by atoms with Crippen molar-refractivity contribution in [2.45, 2.75) is 0 Å². The van der Waals surface area contributed by atoms with Gasteiger partial charge in [0.05, 0.1) is 19.8 Å². The maximum Gasteiger partial charge on any atom is 0.343 e. The van der Waals surface area contributed by atoms with E-state index in [4.69, 9.17) is 23.0 Å². The highest BCUT2D eigenvalue weighted by atomic mass is 16.5. The summed E-state index contributed by atoms with van der Waals surface area (Å²) in [5, 5.41) is 1.39. The van der Waals surface area contributed by atoms with Crippen molar-refractivity contribution in [3.63, 3.8) is 0 Å². The minimum absolute atomic E-state index is 0.298. The highest BCUT2D eigenvalue weighted by molar-refractivity contribution is 5.97. The van der Waals surface area contributed by atoms with E-state index in [1.165, 1.54) is 6.07 Å². The van der Waals surface area contributed by atoms with E-state index in [1.54, 1.807) is 62.8 Å². The van der Waals surface area contributed by atoms with Crippen molar-refractivity contribution < 1.29 is 27.8 Å². The number of carbonyl (C=O) groups excluding carboxylic acids is 1. The van der Waals surface area contributed by atoms with Gasteiger partial charge in [0.25, 0.3) is 0 Å². The first-order valence-electron chi connectivity index (χ1n) is 10.1. The van der Waals surface area contributed by atoms with E-state index in [1.807, 2.05) is 18.2 Å². The van der Waals surface area contributed by atoms with Gasteiger partial charge in [0.2, 0.25) is 0 Å². The first-order chi connectivity index (χ1) is 16.1. The topological polar surface area (TPSA) is 88.1 Å². The third-order valence-corrected chi connectivity index (χ3v) is 5.24. The summed E-state index contributed by atoms with van der Waals surface area (Å²) >= 11 is 0. The number of hydrogen-bond donors (Lipinski definition) is 0. The first-order valence-corrected chi connectivity index (χ1v) is 10.1. The normalized spacial score (nSPS) is 11.0. The van der Waals surface area contributed by atoms with Crippen molar-refractivity contribution in [3.05, 3.63) is 88.8 Å². The number of fused-ring (bicyclic) bond motifs is 2. The molecule has 7 nitrogen and oxygen atoms in total. The van der Waals surface area contributed by atoms with Gasteiger partial charge in [-0.1, -0.05) is 12.1 Å². The summed E-state index contributed by atoms with van der Waals surface area (Å²) in [6, 6.07) is 20.1. The van der Waals surface area contributed by atoms with Gasteiger partial charge in [-0.05, 0) is 54.6 Å². The molecule has 0 atom stereocenters. The van der Waals surface area contributed by atoms with E-state index < -0.39 is 11.6 Å². The Bertz CT molecular complexity index is 1540. The molecule has 5 rings (SSSR count). The molecule has 7 heteroatoms. The number of para-hydroxylation sites is 1. The van der Waals surface area contributed by atoms with Gasteiger partial charge in [-0.25, -0.2) is 9.59 Å². The second-order valence-electron chi connectivity index (χ2n) is 7.24. The van der Waals surface area contributed by atoms with Gasteiger partial charge in [-0.3, -0.25) is 0 Å². The zero-order chi connectivity index (χ0) is 22.9. The van der Waals surface area contributed by atoms with Crippen molar-refractivity contribution >= 4 is 27.9 Å². The number of methoxy groups -OCH3 is 2. The largest absolute Gasteiger partial charge is 0.497 e. The van der Waals surface area contributed by atoms with Crippen LogP contribution in [0.4, 0.5) is 0 Å². The van der Waals surface area contributed by atoms with Crippen LogP contribution in [0, 0.1) is 0 Å². The standard InChI is InChI=1S/C26H18O7/c1-29-17-8-6-15(7-9-17)26(28)31-18-10-11-21-19(13-18)20(14-24(27)32-21)23-12-16-4-3-5-22(30-2)25(16)33-23/h3-14H,1-2H3. The van der Waals surface area contributed by atoms with E-state index in [0.29, 0.717) is 50.7 Å². The molecule has 164 valence electrons. The molecule has 2 aromatic heterocycles. The minimum Gasteiger partial charge on any atom is -0.497 e. The highest BCUT2D eigenvalue weighted by Crippen LogP contribution is 2.36. The van der Waals surface area contributed by atoms with Crippen LogP contribution in [0.2, 0.25) is 0 Å². The molecule has 3 aromatic carbocycles. The quantitative estimate of drug-likeness (QED) is 0.203. The van der Waals surface area contributed by atoms with E-state index in [-0.39, 0.29) is 0 Å². The molecule has 0 aliphatic carbocycles. The molecule has 0 unspecified atom stereocenters. The number of furan rings is 1. The van der Waals surface area contributed by atoms with Crippen molar-refractivity contribution in [2.24, 2.45) is 0 Å². The summed E-state index contributed by atoms with van der Waals surface area (Å²) in [7, 11) is 3.11. The Morgan fingerprint density at radius 1 is 0.818 bits per heavy atom. The number of carbonyl (C=O) groups is 1. The van der Waals surface area contributed by atoms with Gasteiger partial charge < -0.3 is 23.0 Å². The summed E-state index contributed by atoms with van der Waals surface area (Å²) in [5.74, 6) is 1.46. The first kappa shape index (κ1) is 20.4. The van der Waals surface area contributed by atoms with E-state index in [9.17, 15) is 9.59 Å². The maximum absolute atomic E-state index is 12.6. The summed E-state index contributed by atoms with van der Waals surface area (Å²) in [5.41, 5.74) is 1.28. The fraction of sp³-hybridized carbons (Fsp3) is 0.0769. The van der Waals surface area contributed by atoms with Gasteiger partial charge in [0.1, 0.15) is 22.8 Å².